The lowest BCUT2D eigenvalue weighted by Gasteiger charge is -2.25. The zero-order valence-electron chi connectivity index (χ0n) is 15.7. The van der Waals surface area contributed by atoms with E-state index >= 15 is 0 Å². The molecular formula is C20H19N3O7. The van der Waals surface area contributed by atoms with E-state index in [-0.39, 0.29) is 48.8 Å². The molecule has 30 heavy (non-hydrogen) atoms. The highest BCUT2D eigenvalue weighted by atomic mass is 16.5. The van der Waals surface area contributed by atoms with Crippen molar-refractivity contribution in [1.82, 2.24) is 0 Å². The molecule has 0 saturated heterocycles. The molecule has 1 aliphatic carbocycles. The second-order valence-corrected chi connectivity index (χ2v) is 6.38. The van der Waals surface area contributed by atoms with Gasteiger partial charge in [0.25, 0.3) is 0 Å². The molecule has 10 heteroatoms. The van der Waals surface area contributed by atoms with E-state index in [0.717, 1.165) is 0 Å². The summed E-state index contributed by atoms with van der Waals surface area (Å²) in [4.78, 5) is 41.0. The van der Waals surface area contributed by atoms with Crippen molar-refractivity contribution in [3.05, 3.63) is 57.6 Å². The fourth-order valence-corrected chi connectivity index (χ4v) is 3.42. The lowest BCUT2D eigenvalue weighted by Crippen LogP contribution is -2.28. The van der Waals surface area contributed by atoms with Gasteiger partial charge in [0.05, 0.1) is 60.1 Å². The highest BCUT2D eigenvalue weighted by Crippen LogP contribution is 2.39. The van der Waals surface area contributed by atoms with Crippen LogP contribution in [0.3, 0.4) is 0 Å². The standard InChI is InChI=1S/C20H19N3O7/c21-15-11-12(16(22)14(20(28)29)13(15)19(26)27)18(25)10-4-2-1-3-9(10)17(11)23-5-7-30-8-6-24/h1-4,24H,5-8,21-22H2,(H,26,27)(H,28,29). The number of aliphatic imine (C=N–C) groups is 1. The summed E-state index contributed by atoms with van der Waals surface area (Å²) in [5.41, 5.74) is 10.4. The highest BCUT2D eigenvalue weighted by molar-refractivity contribution is 6.35. The van der Waals surface area contributed by atoms with Crippen molar-refractivity contribution in [1.29, 1.82) is 0 Å². The molecular weight excluding hydrogens is 394 g/mol. The zero-order valence-corrected chi connectivity index (χ0v) is 15.7. The van der Waals surface area contributed by atoms with Crippen LogP contribution >= 0.6 is 0 Å². The van der Waals surface area contributed by atoms with Crippen LogP contribution in [0.2, 0.25) is 0 Å². The Morgan fingerprint density at radius 3 is 2.07 bits per heavy atom. The predicted molar refractivity (Wildman–Crippen MR) is 107 cm³/mol. The van der Waals surface area contributed by atoms with Gasteiger partial charge in [-0.1, -0.05) is 24.3 Å². The lowest BCUT2D eigenvalue weighted by molar-refractivity contribution is 0.0653. The maximum Gasteiger partial charge on any atom is 0.338 e. The number of hydrogen-bond donors (Lipinski definition) is 5. The average Bonchev–Trinajstić information content (AvgIpc) is 2.71. The Labute approximate surface area is 170 Å². The first-order valence-corrected chi connectivity index (χ1v) is 8.90. The van der Waals surface area contributed by atoms with Crippen molar-refractivity contribution in [2.75, 3.05) is 37.8 Å². The van der Waals surface area contributed by atoms with Crippen molar-refractivity contribution < 1.29 is 34.4 Å². The number of aliphatic hydroxyl groups excluding tert-OH is 1. The van der Waals surface area contributed by atoms with Crippen LogP contribution in [0.5, 0.6) is 0 Å². The number of fused-ring (bicyclic) bond motifs is 2. The summed E-state index contributed by atoms with van der Waals surface area (Å²) < 4.78 is 5.19. The van der Waals surface area contributed by atoms with Crippen molar-refractivity contribution in [3.63, 3.8) is 0 Å². The van der Waals surface area contributed by atoms with Crippen molar-refractivity contribution >= 4 is 34.8 Å². The minimum atomic E-state index is -1.61. The summed E-state index contributed by atoms with van der Waals surface area (Å²) in [6.07, 6.45) is 0. The third kappa shape index (κ3) is 3.38. The van der Waals surface area contributed by atoms with Gasteiger partial charge in [0.15, 0.2) is 5.78 Å². The summed E-state index contributed by atoms with van der Waals surface area (Å²) in [6, 6.07) is 6.48. The Morgan fingerprint density at radius 2 is 1.50 bits per heavy atom. The van der Waals surface area contributed by atoms with E-state index in [2.05, 4.69) is 4.99 Å². The normalized spacial score (nSPS) is 13.8. The maximum absolute atomic E-state index is 13.1. The number of nitrogen functional groups attached to an aromatic ring is 2. The number of carboxylic acids is 2. The van der Waals surface area contributed by atoms with E-state index in [0.29, 0.717) is 5.56 Å². The highest BCUT2D eigenvalue weighted by Gasteiger charge is 2.37. The van der Waals surface area contributed by atoms with Crippen molar-refractivity contribution in [2.45, 2.75) is 0 Å². The fraction of sp³-hybridized carbons (Fsp3) is 0.200. The van der Waals surface area contributed by atoms with Crippen LogP contribution in [-0.2, 0) is 4.74 Å². The van der Waals surface area contributed by atoms with Crippen LogP contribution in [0.15, 0.2) is 29.3 Å². The molecule has 0 radical (unpaired) electrons. The van der Waals surface area contributed by atoms with Gasteiger partial charge in [0.2, 0.25) is 0 Å². The minimum Gasteiger partial charge on any atom is -0.478 e. The zero-order chi connectivity index (χ0) is 22.0. The Kier molecular flexibility index (Phi) is 5.81. The molecule has 1 aliphatic rings. The van der Waals surface area contributed by atoms with Crippen LogP contribution in [-0.4, -0.2) is 65.1 Å². The summed E-state index contributed by atoms with van der Waals surface area (Å²) in [5.74, 6) is -3.77. The van der Waals surface area contributed by atoms with Crippen molar-refractivity contribution in [2.24, 2.45) is 4.99 Å². The molecule has 10 nitrogen and oxygen atoms in total. The number of carbonyl (C=O) groups is 3. The molecule has 0 unspecified atom stereocenters. The van der Waals surface area contributed by atoms with E-state index in [1.165, 1.54) is 0 Å². The molecule has 0 heterocycles. The Bertz CT molecular complexity index is 1090. The number of carboxylic acid groups (broad SMARTS) is 2. The topological polar surface area (TPSA) is 186 Å². The number of ketones is 1. The Hall–Kier alpha value is -3.76. The van der Waals surface area contributed by atoms with E-state index in [1.807, 2.05) is 0 Å². The summed E-state index contributed by atoms with van der Waals surface area (Å²) in [7, 11) is 0. The van der Waals surface area contributed by atoms with Gasteiger partial charge >= 0.3 is 11.9 Å². The Balaban J connectivity index is 2.31. The first-order chi connectivity index (χ1) is 14.3. The summed E-state index contributed by atoms with van der Waals surface area (Å²) in [5, 5.41) is 27.9. The van der Waals surface area contributed by atoms with Crippen LogP contribution in [0.4, 0.5) is 11.4 Å². The molecule has 0 atom stereocenters. The van der Waals surface area contributed by atoms with Crippen molar-refractivity contribution in [3.8, 4) is 0 Å². The molecule has 0 amide bonds. The molecule has 0 bridgehead atoms. The first-order valence-electron chi connectivity index (χ1n) is 8.90. The number of nitrogens with zero attached hydrogens (tertiary/aromatic N) is 1. The fourth-order valence-electron chi connectivity index (χ4n) is 3.42. The average molecular weight is 413 g/mol. The molecule has 0 aliphatic heterocycles. The van der Waals surface area contributed by atoms with Crippen LogP contribution < -0.4 is 11.5 Å². The van der Waals surface area contributed by atoms with E-state index in [1.54, 1.807) is 24.3 Å². The molecule has 156 valence electrons. The molecule has 0 aromatic heterocycles. The number of anilines is 2. The third-order valence-corrected chi connectivity index (χ3v) is 4.64. The summed E-state index contributed by atoms with van der Waals surface area (Å²) >= 11 is 0. The molecule has 2 aromatic rings. The van der Waals surface area contributed by atoms with Crippen LogP contribution in [0.25, 0.3) is 0 Å². The van der Waals surface area contributed by atoms with E-state index in [9.17, 15) is 24.6 Å². The smallest absolute Gasteiger partial charge is 0.338 e. The number of carbonyl (C=O) groups excluding carboxylic acids is 1. The number of aromatic carboxylic acids is 2. The van der Waals surface area contributed by atoms with Gasteiger partial charge in [-0.25, -0.2) is 9.59 Å². The number of aliphatic hydroxyl groups is 1. The number of nitrogens with two attached hydrogens (primary N) is 2. The number of ether oxygens (including phenoxy) is 1. The van der Waals surface area contributed by atoms with Gasteiger partial charge in [-0.3, -0.25) is 9.79 Å². The second-order valence-electron chi connectivity index (χ2n) is 6.38. The second kappa shape index (κ2) is 8.31. The lowest BCUT2D eigenvalue weighted by atomic mass is 9.79. The maximum atomic E-state index is 13.1. The SMILES string of the molecule is Nc1c(C(=O)O)c(C(=O)O)c(N)c2c1C(=O)c1ccccc1C2=NCCOCCO. The van der Waals surface area contributed by atoms with Crippen LogP contribution in [0.1, 0.15) is 47.8 Å². The van der Waals surface area contributed by atoms with Gasteiger partial charge in [0, 0.05) is 16.7 Å². The van der Waals surface area contributed by atoms with Gasteiger partial charge in [-0.05, 0) is 0 Å². The van der Waals surface area contributed by atoms with E-state index < -0.39 is 40.2 Å². The first kappa shape index (κ1) is 21.0. The number of rotatable bonds is 7. The molecule has 0 spiro atoms. The van der Waals surface area contributed by atoms with Gasteiger partial charge < -0.3 is 31.5 Å². The minimum absolute atomic E-state index is 0.0132. The molecule has 3 rings (SSSR count). The summed E-state index contributed by atoms with van der Waals surface area (Å²) in [6.45, 7) is 0.251. The molecule has 0 saturated carbocycles. The van der Waals surface area contributed by atoms with E-state index in [4.69, 9.17) is 21.3 Å². The third-order valence-electron chi connectivity index (χ3n) is 4.64. The van der Waals surface area contributed by atoms with Gasteiger partial charge in [0.1, 0.15) is 0 Å². The predicted octanol–water partition coefficient (Wildman–Crippen LogP) is 0.638. The molecule has 7 N–H and O–H groups in total. The van der Waals surface area contributed by atoms with Gasteiger partial charge in [-0.15, -0.1) is 0 Å². The Morgan fingerprint density at radius 1 is 0.933 bits per heavy atom. The quantitative estimate of drug-likeness (QED) is 0.274. The number of hydrogen-bond acceptors (Lipinski definition) is 8. The number of benzene rings is 2. The largest absolute Gasteiger partial charge is 0.478 e. The van der Waals surface area contributed by atoms with Gasteiger partial charge in [-0.2, -0.15) is 0 Å². The monoisotopic (exact) mass is 413 g/mol. The van der Waals surface area contributed by atoms with Crippen LogP contribution in [0, 0.1) is 0 Å². The molecule has 2 aromatic carbocycles. The molecule has 0 fully saturated rings.